The molecule has 2 amide bonds. The highest BCUT2D eigenvalue weighted by Gasteiger charge is 2.49. The fraction of sp³-hybridized carbons (Fsp3) is 0.386. The normalized spacial score (nSPS) is 21.9. The van der Waals surface area contributed by atoms with Gasteiger partial charge in [-0.15, -0.1) is 0 Å². The SMILES string of the molecule is CC.CC.CC.COC1OC(CO)C(C)C(O)C1OC(=O)c1ccccc1.COC1OC(COC(=O)Nc2ccccc2)C(C)C(OC(=O)Nc2ccccc2)C1OC(=O)c1ccccc1.O=C=Nc1ccccc1. The molecule has 5 aromatic carbocycles. The highest BCUT2D eigenvalue weighted by Crippen LogP contribution is 2.33. The zero-order valence-electron chi connectivity index (χ0n) is 44.3. The van der Waals surface area contributed by atoms with Crippen molar-refractivity contribution < 1.29 is 72.1 Å². The molecular formula is C57H73N3O15. The van der Waals surface area contributed by atoms with Crippen molar-refractivity contribution in [2.75, 3.05) is 38.1 Å². The van der Waals surface area contributed by atoms with Crippen LogP contribution in [0.1, 0.15) is 76.1 Å². The second-order valence-corrected chi connectivity index (χ2v) is 15.4. The molecule has 2 aliphatic heterocycles. The molecule has 2 aliphatic rings. The minimum absolute atomic E-state index is 0.167. The molecule has 0 aromatic heterocycles. The Morgan fingerprint density at radius 1 is 0.547 bits per heavy atom. The number of ether oxygens (including phenoxy) is 8. The minimum Gasteiger partial charge on any atom is -0.451 e. The third-order valence-corrected chi connectivity index (χ3v) is 10.8. The predicted octanol–water partition coefficient (Wildman–Crippen LogP) is 10.4. The third-order valence-electron chi connectivity index (χ3n) is 10.8. The first-order chi connectivity index (χ1) is 36.5. The zero-order chi connectivity index (χ0) is 55.5. The Balaban J connectivity index is 0.000000444. The number of benzene rings is 5. The number of amides is 2. The number of rotatable bonds is 13. The van der Waals surface area contributed by atoms with E-state index in [-0.39, 0.29) is 19.1 Å². The van der Waals surface area contributed by atoms with Crippen LogP contribution in [0.15, 0.2) is 157 Å². The largest absolute Gasteiger partial charge is 0.451 e. The van der Waals surface area contributed by atoms with Gasteiger partial charge in [0, 0.05) is 37.4 Å². The number of methoxy groups -OCH3 is 2. The molecule has 406 valence electrons. The number of nitrogens with one attached hydrogen (secondary N) is 2. The van der Waals surface area contributed by atoms with Crippen LogP contribution in [0.3, 0.4) is 0 Å². The fourth-order valence-corrected chi connectivity index (χ4v) is 7.01. The second-order valence-electron chi connectivity index (χ2n) is 15.4. The summed E-state index contributed by atoms with van der Waals surface area (Å²) in [6, 6.07) is 43.5. The summed E-state index contributed by atoms with van der Waals surface area (Å²) in [5.41, 5.74) is 2.45. The quantitative estimate of drug-likeness (QED) is 0.0371. The first kappa shape index (κ1) is 63.8. The van der Waals surface area contributed by atoms with Crippen LogP contribution in [0.25, 0.3) is 0 Å². The number of para-hydroxylation sites is 3. The number of hydrogen-bond donors (Lipinski definition) is 4. The highest BCUT2D eigenvalue weighted by molar-refractivity contribution is 5.90. The average Bonchev–Trinajstić information content (AvgIpc) is 3.46. The van der Waals surface area contributed by atoms with Gasteiger partial charge < -0.3 is 48.1 Å². The Morgan fingerprint density at radius 3 is 1.39 bits per heavy atom. The van der Waals surface area contributed by atoms with Gasteiger partial charge in [0.25, 0.3) is 0 Å². The Kier molecular flexibility index (Phi) is 31.2. The first-order valence-corrected chi connectivity index (χ1v) is 24.8. The van der Waals surface area contributed by atoms with Crippen molar-refractivity contribution in [2.45, 2.75) is 105 Å². The van der Waals surface area contributed by atoms with Crippen molar-refractivity contribution in [1.29, 1.82) is 0 Å². The van der Waals surface area contributed by atoms with Crippen LogP contribution in [0.4, 0.5) is 26.7 Å². The molecule has 0 spiro atoms. The zero-order valence-corrected chi connectivity index (χ0v) is 44.3. The van der Waals surface area contributed by atoms with Crippen LogP contribution in [0.2, 0.25) is 0 Å². The van der Waals surface area contributed by atoms with Gasteiger partial charge in [-0.05, 0) is 60.7 Å². The van der Waals surface area contributed by atoms with Crippen molar-refractivity contribution in [3.8, 4) is 0 Å². The molecule has 0 saturated carbocycles. The molecule has 4 N–H and O–H groups in total. The molecule has 0 radical (unpaired) electrons. The number of hydrogen-bond acceptors (Lipinski definition) is 16. The van der Waals surface area contributed by atoms with Gasteiger partial charge in [-0.25, -0.2) is 24.0 Å². The number of aliphatic hydroxyl groups excluding tert-OH is 2. The number of aliphatic imine (C=N–C) groups is 1. The van der Waals surface area contributed by atoms with Crippen molar-refractivity contribution in [3.05, 3.63) is 163 Å². The van der Waals surface area contributed by atoms with Gasteiger partial charge >= 0.3 is 24.1 Å². The smallest absolute Gasteiger partial charge is 0.412 e. The van der Waals surface area contributed by atoms with Crippen molar-refractivity contribution in [2.24, 2.45) is 16.8 Å². The first-order valence-electron chi connectivity index (χ1n) is 24.8. The van der Waals surface area contributed by atoms with Crippen LogP contribution in [0.5, 0.6) is 0 Å². The molecule has 18 heteroatoms. The lowest BCUT2D eigenvalue weighted by molar-refractivity contribution is -0.279. The highest BCUT2D eigenvalue weighted by atomic mass is 16.7. The fourth-order valence-electron chi connectivity index (χ4n) is 7.01. The van der Waals surface area contributed by atoms with E-state index >= 15 is 0 Å². The van der Waals surface area contributed by atoms with E-state index in [9.17, 15) is 34.2 Å². The van der Waals surface area contributed by atoms with E-state index in [1.807, 2.05) is 71.9 Å². The maximum absolute atomic E-state index is 12.9. The summed E-state index contributed by atoms with van der Waals surface area (Å²) in [6.45, 7) is 15.1. The number of aliphatic hydroxyl groups is 2. The third kappa shape index (κ3) is 21.2. The van der Waals surface area contributed by atoms with Crippen LogP contribution in [-0.4, -0.2) is 117 Å². The number of anilines is 2. The van der Waals surface area contributed by atoms with Crippen LogP contribution < -0.4 is 10.6 Å². The number of esters is 2. The van der Waals surface area contributed by atoms with E-state index in [1.165, 1.54) is 20.3 Å². The van der Waals surface area contributed by atoms with E-state index in [0.29, 0.717) is 28.2 Å². The lowest BCUT2D eigenvalue weighted by Gasteiger charge is -2.43. The van der Waals surface area contributed by atoms with Crippen molar-refractivity contribution >= 4 is 47.3 Å². The maximum atomic E-state index is 12.9. The molecule has 2 heterocycles. The topological polar surface area (TPSA) is 236 Å². The van der Waals surface area contributed by atoms with Crippen molar-refractivity contribution in [1.82, 2.24) is 0 Å². The summed E-state index contributed by atoms with van der Waals surface area (Å²) in [4.78, 5) is 63.3. The predicted molar refractivity (Wildman–Crippen MR) is 284 cm³/mol. The van der Waals surface area contributed by atoms with Gasteiger partial charge in [-0.2, -0.15) is 4.99 Å². The molecule has 10 atom stereocenters. The Morgan fingerprint density at radius 2 is 0.947 bits per heavy atom. The molecule has 2 saturated heterocycles. The molecule has 0 aliphatic carbocycles. The number of isocyanates is 1. The molecule has 10 unspecified atom stereocenters. The lowest BCUT2D eigenvalue weighted by atomic mass is 9.90. The molecule has 0 bridgehead atoms. The van der Waals surface area contributed by atoms with E-state index < -0.39 is 79.2 Å². The van der Waals surface area contributed by atoms with Gasteiger partial charge in [0.15, 0.2) is 30.9 Å². The second kappa shape index (κ2) is 36.6. The summed E-state index contributed by atoms with van der Waals surface area (Å²) in [7, 11) is 2.77. The average molecular weight is 1040 g/mol. The van der Waals surface area contributed by atoms with Crippen LogP contribution in [-0.2, 0) is 42.7 Å². The van der Waals surface area contributed by atoms with Gasteiger partial charge in [0.05, 0.1) is 29.5 Å². The number of carbonyl (C=O) groups is 4. The number of nitrogens with zero attached hydrogens (tertiary/aromatic N) is 1. The molecule has 7 rings (SSSR count). The van der Waals surface area contributed by atoms with E-state index in [2.05, 4.69) is 15.6 Å². The van der Waals surface area contributed by atoms with Gasteiger partial charge in [0.2, 0.25) is 6.08 Å². The monoisotopic (exact) mass is 1040 g/mol. The van der Waals surface area contributed by atoms with Gasteiger partial charge in [-0.3, -0.25) is 10.6 Å². The van der Waals surface area contributed by atoms with Crippen molar-refractivity contribution in [3.63, 3.8) is 0 Å². The summed E-state index contributed by atoms with van der Waals surface area (Å²) in [5.74, 6) is -2.13. The molecule has 75 heavy (non-hydrogen) atoms. The molecule has 2 fully saturated rings. The summed E-state index contributed by atoms with van der Waals surface area (Å²) in [5, 5.41) is 24.8. The Bertz CT molecular complexity index is 2380. The van der Waals surface area contributed by atoms with E-state index in [0.717, 1.165) is 0 Å². The van der Waals surface area contributed by atoms with E-state index in [1.54, 1.807) is 135 Å². The Labute approximate surface area is 440 Å². The van der Waals surface area contributed by atoms with Gasteiger partial charge in [-0.1, -0.05) is 146 Å². The summed E-state index contributed by atoms with van der Waals surface area (Å²) >= 11 is 0. The van der Waals surface area contributed by atoms with Gasteiger partial charge in [0.1, 0.15) is 18.8 Å². The van der Waals surface area contributed by atoms with Crippen LogP contribution in [0, 0.1) is 11.8 Å². The Hall–Kier alpha value is -7.28. The summed E-state index contributed by atoms with van der Waals surface area (Å²) in [6.07, 6.45) is -7.31. The number of carbonyl (C=O) groups excluding carboxylic acids is 5. The maximum Gasteiger partial charge on any atom is 0.412 e. The lowest BCUT2D eigenvalue weighted by Crippen LogP contribution is -2.58. The molecule has 5 aromatic rings. The summed E-state index contributed by atoms with van der Waals surface area (Å²) < 4.78 is 44.4. The van der Waals surface area contributed by atoms with Crippen LogP contribution >= 0.6 is 0 Å². The molecule has 18 nitrogen and oxygen atoms in total. The van der Waals surface area contributed by atoms with E-state index in [4.69, 9.17) is 37.9 Å². The minimum atomic E-state index is -1.10. The standard InChI is InChI=1S/C29H30N2O8.C15H20O6.C7H5NO.3C2H6/c1-19-23(18-36-28(33)30-21-14-8-4-9-15-21)37-27(35-2)25(38-26(32)20-12-6-3-7-13-20)24(19)39-29(34)31-22-16-10-5-11-17-22;1-9-11(8-16)20-15(19-2)13(12(9)17)21-14(18)10-6-4-3-5-7-10;9-6-8-7-4-2-1-3-5-7;3*1-2/h3-17,19,23-25,27H,18H2,1-2H3,(H,30,33)(H,31,34);3-7,9,11-13,15-17H,8H2,1-2H3;1-5H;3*1-2H3. The molecular weight excluding hydrogens is 967 g/mol.